The minimum atomic E-state index is -0.780. The summed E-state index contributed by atoms with van der Waals surface area (Å²) in [6.45, 7) is 3.57. The zero-order chi connectivity index (χ0) is 22.1. The number of thiazole rings is 1. The van der Waals surface area contributed by atoms with Crippen LogP contribution < -0.4 is 14.9 Å². The Morgan fingerprint density at radius 2 is 1.90 bits per heavy atom. The zero-order valence-corrected chi connectivity index (χ0v) is 17.6. The smallest absolute Gasteiger partial charge is 0.338 e. The minimum absolute atomic E-state index is 0.129. The Hall–Kier alpha value is -3.52. The van der Waals surface area contributed by atoms with E-state index in [9.17, 15) is 19.1 Å². The molecule has 0 saturated heterocycles. The highest BCUT2D eigenvalue weighted by Gasteiger charge is 2.33. The van der Waals surface area contributed by atoms with Crippen molar-refractivity contribution >= 4 is 23.4 Å². The number of allylic oxidation sites excluding steroid dienone is 1. The average molecular weight is 438 g/mol. The molecule has 0 aliphatic carbocycles. The first-order valence-corrected chi connectivity index (χ1v) is 10.4. The van der Waals surface area contributed by atoms with Gasteiger partial charge in [0, 0.05) is 0 Å². The molecule has 2 aromatic carbocycles. The Morgan fingerprint density at radius 1 is 1.23 bits per heavy atom. The number of phenolic OH excluding ortho intramolecular Hbond substituents is 1. The van der Waals surface area contributed by atoms with E-state index in [1.165, 1.54) is 40.2 Å². The Labute approximate surface area is 180 Å². The molecule has 158 valence electrons. The number of rotatable bonds is 4. The SMILES string of the molecule is CCOC(=O)C1=C(C)N=c2sc(=Cc3ccc(O)cc3)c(=O)n2[C@H]1c1ccc(F)cc1. The molecule has 1 aliphatic heterocycles. The molecule has 0 saturated carbocycles. The third-order valence-electron chi connectivity index (χ3n) is 4.89. The van der Waals surface area contributed by atoms with Crippen LogP contribution in [0.1, 0.15) is 31.0 Å². The number of carbonyl (C=O) groups excluding carboxylic acids is 1. The fraction of sp³-hybridized carbons (Fsp3) is 0.174. The van der Waals surface area contributed by atoms with Gasteiger partial charge in [-0.1, -0.05) is 35.6 Å². The van der Waals surface area contributed by atoms with Crippen LogP contribution in [0.2, 0.25) is 0 Å². The maximum absolute atomic E-state index is 13.5. The van der Waals surface area contributed by atoms with Crippen LogP contribution in [-0.4, -0.2) is 22.2 Å². The van der Waals surface area contributed by atoms with Gasteiger partial charge in [-0.05, 0) is 55.3 Å². The third-order valence-corrected chi connectivity index (χ3v) is 5.88. The molecule has 0 radical (unpaired) electrons. The molecule has 31 heavy (non-hydrogen) atoms. The second-order valence-electron chi connectivity index (χ2n) is 6.95. The molecule has 1 atom stereocenters. The summed E-state index contributed by atoms with van der Waals surface area (Å²) in [7, 11) is 0. The third kappa shape index (κ3) is 3.94. The van der Waals surface area contributed by atoms with E-state index < -0.39 is 17.8 Å². The number of carbonyl (C=O) groups is 1. The molecule has 0 spiro atoms. The van der Waals surface area contributed by atoms with Crippen LogP contribution in [0.3, 0.4) is 0 Å². The van der Waals surface area contributed by atoms with Crippen molar-refractivity contribution in [2.75, 3.05) is 6.61 Å². The van der Waals surface area contributed by atoms with Crippen molar-refractivity contribution in [3.8, 4) is 5.75 Å². The predicted molar refractivity (Wildman–Crippen MR) is 115 cm³/mol. The maximum Gasteiger partial charge on any atom is 0.338 e. The van der Waals surface area contributed by atoms with Crippen molar-refractivity contribution in [1.82, 2.24) is 4.57 Å². The van der Waals surface area contributed by atoms with Crippen molar-refractivity contribution in [1.29, 1.82) is 0 Å². The fourth-order valence-electron chi connectivity index (χ4n) is 3.47. The standard InChI is InChI=1S/C23H19FN2O4S/c1-3-30-22(29)19-13(2)25-23-26(20(19)15-6-8-16(24)9-7-15)21(28)18(31-23)12-14-4-10-17(27)11-5-14/h4-12,20,27H,3H2,1-2H3/t20-/m0/s1. The van der Waals surface area contributed by atoms with Crippen LogP contribution in [0.15, 0.2) is 69.6 Å². The highest BCUT2D eigenvalue weighted by Crippen LogP contribution is 2.30. The number of ether oxygens (including phenoxy) is 1. The summed E-state index contributed by atoms with van der Waals surface area (Å²) in [5.74, 6) is -0.850. The number of aromatic hydroxyl groups is 1. The zero-order valence-electron chi connectivity index (χ0n) is 16.8. The first-order valence-electron chi connectivity index (χ1n) is 9.63. The van der Waals surface area contributed by atoms with Crippen LogP contribution in [0, 0.1) is 5.82 Å². The van der Waals surface area contributed by atoms with Crippen molar-refractivity contribution in [3.63, 3.8) is 0 Å². The first kappa shape index (κ1) is 20.7. The van der Waals surface area contributed by atoms with Gasteiger partial charge in [0.25, 0.3) is 5.56 Å². The van der Waals surface area contributed by atoms with Gasteiger partial charge in [-0.15, -0.1) is 0 Å². The molecule has 1 N–H and O–H groups in total. The van der Waals surface area contributed by atoms with E-state index in [1.54, 1.807) is 44.2 Å². The molecule has 0 bridgehead atoms. The molecule has 0 unspecified atom stereocenters. The lowest BCUT2D eigenvalue weighted by Gasteiger charge is -2.24. The van der Waals surface area contributed by atoms with Crippen molar-refractivity contribution in [2.45, 2.75) is 19.9 Å². The van der Waals surface area contributed by atoms with Crippen LogP contribution >= 0.6 is 11.3 Å². The van der Waals surface area contributed by atoms with E-state index in [1.807, 2.05) is 0 Å². The van der Waals surface area contributed by atoms with E-state index in [-0.39, 0.29) is 23.5 Å². The lowest BCUT2D eigenvalue weighted by atomic mass is 9.96. The summed E-state index contributed by atoms with van der Waals surface area (Å²) in [4.78, 5) is 31.0. The number of fused-ring (bicyclic) bond motifs is 1. The van der Waals surface area contributed by atoms with Gasteiger partial charge in [-0.3, -0.25) is 9.36 Å². The Morgan fingerprint density at radius 3 is 2.55 bits per heavy atom. The van der Waals surface area contributed by atoms with E-state index in [2.05, 4.69) is 4.99 Å². The molecule has 3 aromatic rings. The number of phenols is 1. The first-order chi connectivity index (χ1) is 14.9. The lowest BCUT2D eigenvalue weighted by Crippen LogP contribution is -2.39. The maximum atomic E-state index is 13.5. The van der Waals surface area contributed by atoms with Crippen LogP contribution in [-0.2, 0) is 9.53 Å². The van der Waals surface area contributed by atoms with Gasteiger partial charge in [0.05, 0.1) is 28.5 Å². The fourth-order valence-corrected chi connectivity index (χ4v) is 4.52. The summed E-state index contributed by atoms with van der Waals surface area (Å²) in [6, 6.07) is 11.4. The largest absolute Gasteiger partial charge is 0.508 e. The highest BCUT2D eigenvalue weighted by atomic mass is 32.1. The number of esters is 1. The summed E-state index contributed by atoms with van der Waals surface area (Å²) >= 11 is 1.20. The van der Waals surface area contributed by atoms with E-state index >= 15 is 0 Å². The number of nitrogens with zero attached hydrogens (tertiary/aromatic N) is 2. The van der Waals surface area contributed by atoms with Crippen LogP contribution in [0.4, 0.5) is 4.39 Å². The van der Waals surface area contributed by atoms with E-state index in [0.717, 1.165) is 5.56 Å². The van der Waals surface area contributed by atoms with Crippen molar-refractivity contribution in [2.24, 2.45) is 4.99 Å². The molecule has 1 aliphatic rings. The van der Waals surface area contributed by atoms with Gasteiger partial charge in [0.15, 0.2) is 4.80 Å². The number of hydrogen-bond acceptors (Lipinski definition) is 6. The summed E-state index contributed by atoms with van der Waals surface area (Å²) in [5, 5.41) is 9.48. The molecular formula is C23H19FN2O4S. The molecule has 0 amide bonds. The van der Waals surface area contributed by atoms with Crippen LogP contribution in [0.5, 0.6) is 5.75 Å². The van der Waals surface area contributed by atoms with Gasteiger partial charge >= 0.3 is 5.97 Å². The lowest BCUT2D eigenvalue weighted by molar-refractivity contribution is -0.139. The molecule has 2 heterocycles. The minimum Gasteiger partial charge on any atom is -0.508 e. The average Bonchev–Trinajstić information content (AvgIpc) is 3.04. The van der Waals surface area contributed by atoms with Gasteiger partial charge in [-0.2, -0.15) is 0 Å². The molecular weight excluding hydrogens is 419 g/mol. The topological polar surface area (TPSA) is 80.9 Å². The summed E-state index contributed by atoms with van der Waals surface area (Å²) in [6.07, 6.45) is 1.70. The van der Waals surface area contributed by atoms with Crippen molar-refractivity contribution < 1.29 is 19.0 Å². The summed E-state index contributed by atoms with van der Waals surface area (Å²) in [5.41, 5.74) is 1.70. The van der Waals surface area contributed by atoms with Gasteiger partial charge < -0.3 is 9.84 Å². The number of hydrogen-bond donors (Lipinski definition) is 1. The molecule has 6 nitrogen and oxygen atoms in total. The van der Waals surface area contributed by atoms with Gasteiger partial charge in [0.2, 0.25) is 0 Å². The van der Waals surface area contributed by atoms with Crippen molar-refractivity contribution in [3.05, 3.63) is 96.4 Å². The normalized spacial score (nSPS) is 16.1. The predicted octanol–water partition coefficient (Wildman–Crippen LogP) is 2.64. The van der Waals surface area contributed by atoms with Gasteiger partial charge in [0.1, 0.15) is 11.6 Å². The summed E-state index contributed by atoms with van der Waals surface area (Å²) < 4.78 is 20.6. The molecule has 1 aromatic heterocycles. The second-order valence-corrected chi connectivity index (χ2v) is 7.95. The van der Waals surface area contributed by atoms with E-state index in [0.29, 0.717) is 20.6 Å². The molecule has 4 rings (SSSR count). The highest BCUT2D eigenvalue weighted by molar-refractivity contribution is 7.07. The monoisotopic (exact) mass is 438 g/mol. The second kappa shape index (κ2) is 8.31. The number of halogens is 1. The quantitative estimate of drug-likeness (QED) is 0.635. The Balaban J connectivity index is 1.94. The number of aromatic nitrogens is 1. The Bertz CT molecular complexity index is 1350. The van der Waals surface area contributed by atoms with Gasteiger partial charge in [-0.25, -0.2) is 14.2 Å². The molecule has 8 heteroatoms. The van der Waals surface area contributed by atoms with Crippen LogP contribution in [0.25, 0.3) is 6.08 Å². The van der Waals surface area contributed by atoms with E-state index in [4.69, 9.17) is 4.74 Å². The molecule has 0 fully saturated rings. The number of benzene rings is 2. The Kier molecular flexibility index (Phi) is 5.56.